The van der Waals surface area contributed by atoms with Crippen LogP contribution in [0, 0.1) is 0 Å². The van der Waals surface area contributed by atoms with Crippen molar-refractivity contribution in [2.45, 2.75) is 5.55 Å². The summed E-state index contributed by atoms with van der Waals surface area (Å²) in [5, 5.41) is 0. The van der Waals surface area contributed by atoms with Crippen LogP contribution in [0.25, 0.3) is 0 Å². The van der Waals surface area contributed by atoms with E-state index in [1.807, 2.05) is 0 Å². The minimum atomic E-state index is -6.78. The van der Waals surface area contributed by atoms with E-state index < -0.39 is 25.5 Å². The Kier molecular flexibility index (Phi) is 3.18. The Labute approximate surface area is 67.7 Å². The van der Waals surface area contributed by atoms with Gasteiger partial charge in [0.1, 0.15) is 0 Å². The van der Waals surface area contributed by atoms with E-state index >= 15 is 0 Å². The molecule has 0 heterocycles. The highest BCUT2D eigenvalue weighted by atomic mass is 35.6. The zero-order valence-electron chi connectivity index (χ0n) is 5.02. The third-order valence-corrected chi connectivity index (χ3v) is 2.44. The zero-order chi connectivity index (χ0) is 10.2. The van der Waals surface area contributed by atoms with Crippen LogP contribution in [0.4, 0.5) is 30.2 Å². The van der Waals surface area contributed by atoms with Gasteiger partial charge in [0.05, 0.1) is 0 Å². The molecule has 0 unspecified atom stereocenters. The van der Waals surface area contributed by atoms with E-state index in [1.54, 1.807) is 0 Å². The van der Waals surface area contributed by atoms with E-state index in [-0.39, 0.29) is 0 Å². The van der Waals surface area contributed by atoms with Crippen LogP contribution in [0.15, 0.2) is 11.9 Å². The summed E-state index contributed by atoms with van der Waals surface area (Å²) in [6.07, 6.45) is -3.49. The quantitative estimate of drug-likeness (QED) is 0.389. The van der Waals surface area contributed by atoms with E-state index in [9.17, 15) is 30.2 Å². The molecular formula is C3ClF7Si. The molecule has 0 fully saturated rings. The maximum Gasteiger partial charge on any atom is 0.598 e. The van der Waals surface area contributed by atoms with Gasteiger partial charge in [-0.1, -0.05) is 11.1 Å². The van der Waals surface area contributed by atoms with E-state index in [0.717, 1.165) is 0 Å². The van der Waals surface area contributed by atoms with Crippen LogP contribution in [0.2, 0.25) is 0 Å². The average Bonchev–Trinajstić information content (AvgIpc) is 1.83. The fraction of sp³-hybridized carbons (Fsp3) is 0.333. The van der Waals surface area contributed by atoms with Crippen molar-refractivity contribution in [2.75, 3.05) is 0 Å². The lowest BCUT2D eigenvalue weighted by atomic mass is 10.6. The van der Waals surface area contributed by atoms with Crippen molar-refractivity contribution in [3.63, 3.8) is 0 Å². The summed E-state index contributed by atoms with van der Waals surface area (Å²) in [5.41, 5.74) is -5.55. The molecule has 0 spiro atoms. The highest BCUT2D eigenvalue weighted by molar-refractivity contribution is 7.13. The highest BCUT2D eigenvalue weighted by Gasteiger charge is 2.65. The molecule has 72 valence electrons. The van der Waals surface area contributed by atoms with Crippen molar-refractivity contribution < 1.29 is 30.2 Å². The third kappa shape index (κ3) is 2.13. The summed E-state index contributed by atoms with van der Waals surface area (Å²) in [7, 11) is -6.78. The molecule has 0 aromatic heterocycles. The maximum absolute atomic E-state index is 11.8. The summed E-state index contributed by atoms with van der Waals surface area (Å²) >= 11 is 3.81. The zero-order valence-corrected chi connectivity index (χ0v) is 6.78. The number of hydrogen-bond acceptors (Lipinski definition) is 0. The molecule has 0 radical (unpaired) electrons. The van der Waals surface area contributed by atoms with Crippen LogP contribution >= 0.6 is 11.1 Å². The van der Waals surface area contributed by atoms with Gasteiger partial charge in [-0.25, -0.2) is 8.22 Å². The van der Waals surface area contributed by atoms with Gasteiger partial charge < -0.3 is 0 Å². The fourth-order valence-corrected chi connectivity index (χ4v) is 0.835. The van der Waals surface area contributed by atoms with Crippen molar-refractivity contribution in [1.82, 2.24) is 0 Å². The molecule has 0 aliphatic rings. The number of rotatable bonds is 2. The lowest BCUT2D eigenvalue weighted by Gasteiger charge is -2.14. The molecule has 0 nitrogen and oxygen atoms in total. The second-order valence-electron chi connectivity index (χ2n) is 1.65. The summed E-state index contributed by atoms with van der Waals surface area (Å²) < 4.78 is 80.9. The van der Waals surface area contributed by atoms with Gasteiger partial charge in [0.2, 0.25) is 5.83 Å². The van der Waals surface area contributed by atoms with E-state index in [0.29, 0.717) is 0 Å². The average molecular weight is 233 g/mol. The lowest BCUT2D eigenvalue weighted by Crippen LogP contribution is -2.41. The smallest absolute Gasteiger partial charge is 0.247 e. The molecule has 0 aromatic carbocycles. The van der Waals surface area contributed by atoms with E-state index in [1.165, 1.54) is 0 Å². The van der Waals surface area contributed by atoms with Gasteiger partial charge in [-0.2, -0.15) is 22.0 Å². The predicted octanol–water partition coefficient (Wildman–Crippen LogP) is 3.36. The molecule has 0 rings (SSSR count). The third-order valence-electron chi connectivity index (χ3n) is 0.798. The van der Waals surface area contributed by atoms with Gasteiger partial charge in [-0.15, -0.1) is 0 Å². The van der Waals surface area contributed by atoms with Gasteiger partial charge in [0.25, 0.3) is 0 Å². The first-order valence-corrected chi connectivity index (χ1v) is 5.03. The van der Waals surface area contributed by atoms with Crippen LogP contribution in [0.1, 0.15) is 0 Å². The van der Waals surface area contributed by atoms with Crippen molar-refractivity contribution in [1.29, 1.82) is 0 Å². The topological polar surface area (TPSA) is 0 Å². The lowest BCUT2D eigenvalue weighted by molar-refractivity contribution is 0.0682. The molecule has 0 bridgehead atoms. The Balaban J connectivity index is 5.01. The molecule has 9 heteroatoms. The van der Waals surface area contributed by atoms with Gasteiger partial charge in [-0.05, 0) is 0 Å². The van der Waals surface area contributed by atoms with Crippen molar-refractivity contribution >= 4 is 19.1 Å². The van der Waals surface area contributed by atoms with E-state index in [2.05, 4.69) is 11.1 Å². The van der Waals surface area contributed by atoms with E-state index in [4.69, 9.17) is 0 Å². The Hall–Kier alpha value is -0.243. The van der Waals surface area contributed by atoms with Crippen LogP contribution in [0.5, 0.6) is 0 Å². The van der Waals surface area contributed by atoms with Crippen LogP contribution in [0.3, 0.4) is 0 Å². The molecule has 0 aliphatic heterocycles. The van der Waals surface area contributed by atoms with Crippen molar-refractivity contribution in [3.8, 4) is 0 Å². The van der Waals surface area contributed by atoms with Gasteiger partial charge in [0, 0.05) is 0 Å². The Bertz CT molecular complexity index is 201. The number of allylic oxidation sites excluding steroid dienone is 1. The summed E-state index contributed by atoms with van der Waals surface area (Å²) in [5.74, 6) is -3.46. The second kappa shape index (κ2) is 3.25. The molecule has 0 saturated carbocycles. The van der Waals surface area contributed by atoms with Gasteiger partial charge in [-0.3, -0.25) is 0 Å². The standard InChI is InChI=1S/C3ClF7Si/c4-12(10,11)3(8,9)1(5)2(6)7. The molecule has 0 amide bonds. The van der Waals surface area contributed by atoms with Gasteiger partial charge in [0.15, 0.2) is 0 Å². The Morgan fingerprint density at radius 1 is 1.08 bits per heavy atom. The molecule has 0 aromatic rings. The first kappa shape index (κ1) is 11.8. The molecule has 0 atom stereocenters. The summed E-state index contributed by atoms with van der Waals surface area (Å²) in [6, 6.07) is 0. The molecule has 0 N–H and O–H groups in total. The minimum absolute atomic E-state index is 3.46. The molecule has 12 heavy (non-hydrogen) atoms. The first-order valence-electron chi connectivity index (χ1n) is 2.26. The monoisotopic (exact) mass is 232 g/mol. The number of hydrogen-bond donors (Lipinski definition) is 0. The van der Waals surface area contributed by atoms with Crippen LogP contribution in [-0.4, -0.2) is 13.6 Å². The number of halogens is 8. The second-order valence-corrected chi connectivity index (χ2v) is 4.69. The first-order chi connectivity index (χ1) is 5.10. The summed E-state index contributed by atoms with van der Waals surface area (Å²) in [4.78, 5) is 0. The molecule has 0 saturated heterocycles. The largest absolute Gasteiger partial charge is 0.598 e. The molecular weight excluding hydrogens is 233 g/mol. The van der Waals surface area contributed by atoms with Crippen LogP contribution in [-0.2, 0) is 0 Å². The minimum Gasteiger partial charge on any atom is -0.247 e. The highest BCUT2D eigenvalue weighted by Crippen LogP contribution is 2.41. The van der Waals surface area contributed by atoms with Crippen molar-refractivity contribution in [3.05, 3.63) is 11.9 Å². The number of alkyl halides is 2. The molecule has 0 aliphatic carbocycles. The van der Waals surface area contributed by atoms with Crippen molar-refractivity contribution in [2.24, 2.45) is 0 Å². The fourth-order valence-electron chi connectivity index (χ4n) is 0.243. The predicted molar refractivity (Wildman–Crippen MR) is 29.1 cm³/mol. The Morgan fingerprint density at radius 2 is 1.42 bits per heavy atom. The Morgan fingerprint density at radius 3 is 1.50 bits per heavy atom. The normalized spacial score (nSPS) is 13.0. The van der Waals surface area contributed by atoms with Gasteiger partial charge >= 0.3 is 19.7 Å². The SMILES string of the molecule is FC(F)=C(F)C(F)(F)[Si](F)(F)Cl. The maximum atomic E-state index is 11.8. The summed E-state index contributed by atoms with van der Waals surface area (Å²) in [6.45, 7) is 0. The van der Waals surface area contributed by atoms with Crippen LogP contribution < -0.4 is 0 Å².